The van der Waals surface area contributed by atoms with Crippen LogP contribution in [0.1, 0.15) is 12.8 Å². The van der Waals surface area contributed by atoms with Crippen LogP contribution in [0.3, 0.4) is 0 Å². The fraction of sp³-hybridized carbons (Fsp3) is 0.261. The molecule has 1 atom stereocenters. The number of anilines is 2. The number of carbonyl (C=O) groups excluding carboxylic acids is 1. The number of carbonyl (C=O) groups is 1. The summed E-state index contributed by atoms with van der Waals surface area (Å²) in [5.41, 5.74) is 2.60. The number of nitrogens with one attached hydrogen (secondary N) is 1. The van der Waals surface area contributed by atoms with E-state index in [1.54, 1.807) is 6.07 Å². The van der Waals surface area contributed by atoms with Gasteiger partial charge in [0.2, 0.25) is 12.7 Å². The van der Waals surface area contributed by atoms with Crippen molar-refractivity contribution in [3.05, 3.63) is 60.7 Å². The first kappa shape index (κ1) is 18.4. The summed E-state index contributed by atoms with van der Waals surface area (Å²) in [6.45, 7) is 1.71. The lowest BCUT2D eigenvalue weighted by Gasteiger charge is -2.32. The lowest BCUT2D eigenvalue weighted by atomic mass is 9.97. The molecule has 5 rings (SSSR count). The maximum atomic E-state index is 12.8. The zero-order valence-electron chi connectivity index (χ0n) is 16.5. The van der Waals surface area contributed by atoms with Crippen molar-refractivity contribution in [3.8, 4) is 22.8 Å². The third-order valence-electron chi connectivity index (χ3n) is 5.48. The van der Waals surface area contributed by atoms with Gasteiger partial charge in [-0.3, -0.25) is 4.79 Å². The number of amides is 1. The Bertz CT molecular complexity index is 1040. The lowest BCUT2D eigenvalue weighted by Crippen LogP contribution is -2.41. The van der Waals surface area contributed by atoms with Gasteiger partial charge in [-0.1, -0.05) is 30.3 Å². The molecule has 0 radical (unpaired) electrons. The minimum absolute atomic E-state index is 0.00688. The van der Waals surface area contributed by atoms with Crippen LogP contribution >= 0.6 is 0 Å². The molecule has 1 saturated heterocycles. The number of rotatable bonds is 4. The van der Waals surface area contributed by atoms with E-state index in [1.807, 2.05) is 54.6 Å². The molecule has 1 N–H and O–H groups in total. The van der Waals surface area contributed by atoms with Crippen LogP contribution < -0.4 is 19.7 Å². The van der Waals surface area contributed by atoms with Gasteiger partial charge in [0.05, 0.1) is 11.6 Å². The van der Waals surface area contributed by atoms with E-state index >= 15 is 0 Å². The lowest BCUT2D eigenvalue weighted by molar-refractivity contribution is -0.120. The molecule has 2 aliphatic rings. The third kappa shape index (κ3) is 3.78. The van der Waals surface area contributed by atoms with E-state index in [4.69, 9.17) is 9.47 Å². The molecule has 2 aliphatic heterocycles. The normalized spacial score (nSPS) is 17.6. The van der Waals surface area contributed by atoms with Gasteiger partial charge in [-0.15, -0.1) is 10.2 Å². The summed E-state index contributed by atoms with van der Waals surface area (Å²) in [6, 6.07) is 19.4. The minimum atomic E-state index is -0.111. The summed E-state index contributed by atoms with van der Waals surface area (Å²) in [6.07, 6.45) is 1.78. The molecule has 3 aromatic rings. The summed E-state index contributed by atoms with van der Waals surface area (Å²) in [5.74, 6) is 2.06. The standard InChI is InChI=1S/C23H22N4O3/c28-23(24-18-8-10-20-21(13-18)30-15-29-20)17-7-4-12-27(14-17)22-11-9-19(25-26-22)16-5-2-1-3-6-16/h1-3,5-6,8-11,13,17H,4,7,12,14-15H2,(H,24,28). The summed E-state index contributed by atoms with van der Waals surface area (Å²) in [4.78, 5) is 15.0. The summed E-state index contributed by atoms with van der Waals surface area (Å²) < 4.78 is 10.7. The highest BCUT2D eigenvalue weighted by Crippen LogP contribution is 2.34. The predicted molar refractivity (Wildman–Crippen MR) is 114 cm³/mol. The third-order valence-corrected chi connectivity index (χ3v) is 5.48. The fourth-order valence-electron chi connectivity index (χ4n) is 3.87. The molecule has 3 heterocycles. The molecule has 1 aromatic heterocycles. The molecule has 7 nitrogen and oxygen atoms in total. The highest BCUT2D eigenvalue weighted by Gasteiger charge is 2.27. The molecule has 0 saturated carbocycles. The van der Waals surface area contributed by atoms with Crippen molar-refractivity contribution in [1.29, 1.82) is 0 Å². The molecular weight excluding hydrogens is 380 g/mol. The predicted octanol–water partition coefficient (Wildman–Crippen LogP) is 3.73. The smallest absolute Gasteiger partial charge is 0.231 e. The molecule has 0 spiro atoms. The average molecular weight is 402 g/mol. The number of hydrogen-bond donors (Lipinski definition) is 1. The van der Waals surface area contributed by atoms with Crippen LogP contribution in [0.25, 0.3) is 11.3 Å². The van der Waals surface area contributed by atoms with Crippen molar-refractivity contribution in [3.63, 3.8) is 0 Å². The number of hydrogen-bond acceptors (Lipinski definition) is 6. The van der Waals surface area contributed by atoms with Crippen molar-refractivity contribution < 1.29 is 14.3 Å². The topological polar surface area (TPSA) is 76.6 Å². The van der Waals surface area contributed by atoms with Gasteiger partial charge in [0, 0.05) is 30.4 Å². The van der Waals surface area contributed by atoms with Crippen LogP contribution in [-0.4, -0.2) is 36.0 Å². The summed E-state index contributed by atoms with van der Waals surface area (Å²) >= 11 is 0. The van der Waals surface area contributed by atoms with Crippen molar-refractivity contribution in [1.82, 2.24) is 10.2 Å². The van der Waals surface area contributed by atoms with Crippen molar-refractivity contribution in [2.45, 2.75) is 12.8 Å². The van der Waals surface area contributed by atoms with E-state index in [2.05, 4.69) is 20.4 Å². The maximum Gasteiger partial charge on any atom is 0.231 e. The van der Waals surface area contributed by atoms with Gasteiger partial charge in [-0.25, -0.2) is 0 Å². The highest BCUT2D eigenvalue weighted by molar-refractivity contribution is 5.93. The summed E-state index contributed by atoms with van der Waals surface area (Å²) in [7, 11) is 0. The zero-order chi connectivity index (χ0) is 20.3. The monoisotopic (exact) mass is 402 g/mol. The SMILES string of the molecule is O=C(Nc1ccc2c(c1)OCO2)C1CCCN(c2ccc(-c3ccccc3)nn2)C1. The van der Waals surface area contributed by atoms with Gasteiger partial charge in [0.25, 0.3) is 0 Å². The van der Waals surface area contributed by atoms with Crippen LogP contribution in [0.15, 0.2) is 60.7 Å². The van der Waals surface area contributed by atoms with Crippen molar-refractivity contribution >= 4 is 17.4 Å². The van der Waals surface area contributed by atoms with Crippen LogP contribution in [0.4, 0.5) is 11.5 Å². The Balaban J connectivity index is 1.25. The van der Waals surface area contributed by atoms with Gasteiger partial charge in [0.1, 0.15) is 0 Å². The van der Waals surface area contributed by atoms with Gasteiger partial charge >= 0.3 is 0 Å². The van der Waals surface area contributed by atoms with E-state index < -0.39 is 0 Å². The Morgan fingerprint density at radius 3 is 2.70 bits per heavy atom. The number of aromatic nitrogens is 2. The van der Waals surface area contributed by atoms with Crippen LogP contribution in [-0.2, 0) is 4.79 Å². The molecule has 0 bridgehead atoms. The Kier molecular flexibility index (Phi) is 4.93. The number of benzene rings is 2. The molecule has 7 heteroatoms. The molecule has 1 fully saturated rings. The quantitative estimate of drug-likeness (QED) is 0.717. The van der Waals surface area contributed by atoms with Gasteiger partial charge in [-0.2, -0.15) is 0 Å². The first-order valence-electron chi connectivity index (χ1n) is 10.1. The first-order valence-corrected chi connectivity index (χ1v) is 10.1. The highest BCUT2D eigenvalue weighted by atomic mass is 16.7. The van der Waals surface area contributed by atoms with Gasteiger partial charge < -0.3 is 19.7 Å². The Labute approximate surface area is 174 Å². The van der Waals surface area contributed by atoms with Gasteiger partial charge in [0.15, 0.2) is 17.3 Å². The first-order chi connectivity index (χ1) is 14.8. The molecule has 2 aromatic carbocycles. The van der Waals surface area contributed by atoms with E-state index in [1.165, 1.54) is 0 Å². The second-order valence-electron chi connectivity index (χ2n) is 7.49. The molecular formula is C23H22N4O3. The van der Waals surface area contributed by atoms with Crippen LogP contribution in [0.5, 0.6) is 11.5 Å². The van der Waals surface area contributed by atoms with E-state index in [-0.39, 0.29) is 18.6 Å². The second kappa shape index (κ2) is 8.02. The van der Waals surface area contributed by atoms with E-state index in [0.717, 1.165) is 36.5 Å². The number of nitrogens with zero attached hydrogens (tertiary/aromatic N) is 3. The molecule has 30 heavy (non-hydrogen) atoms. The zero-order valence-corrected chi connectivity index (χ0v) is 16.5. The maximum absolute atomic E-state index is 12.8. The van der Waals surface area contributed by atoms with Crippen LogP contribution in [0, 0.1) is 5.92 Å². The van der Waals surface area contributed by atoms with Crippen LogP contribution in [0.2, 0.25) is 0 Å². The van der Waals surface area contributed by atoms with E-state index in [0.29, 0.717) is 23.7 Å². The summed E-state index contributed by atoms with van der Waals surface area (Å²) in [5, 5.41) is 11.8. The number of fused-ring (bicyclic) bond motifs is 1. The fourth-order valence-corrected chi connectivity index (χ4v) is 3.87. The van der Waals surface area contributed by atoms with Gasteiger partial charge in [-0.05, 0) is 37.1 Å². The van der Waals surface area contributed by atoms with Crippen molar-refractivity contribution in [2.24, 2.45) is 5.92 Å². The van der Waals surface area contributed by atoms with Crippen molar-refractivity contribution in [2.75, 3.05) is 30.1 Å². The molecule has 1 amide bonds. The Morgan fingerprint density at radius 1 is 1.00 bits per heavy atom. The number of ether oxygens (including phenoxy) is 2. The number of piperidine rings is 1. The average Bonchev–Trinajstić information content (AvgIpc) is 3.28. The Morgan fingerprint density at radius 2 is 1.87 bits per heavy atom. The Hall–Kier alpha value is -3.61. The largest absolute Gasteiger partial charge is 0.454 e. The molecule has 152 valence electrons. The minimum Gasteiger partial charge on any atom is -0.454 e. The molecule has 1 unspecified atom stereocenters. The van der Waals surface area contributed by atoms with E-state index in [9.17, 15) is 4.79 Å². The molecule has 0 aliphatic carbocycles. The second-order valence-corrected chi connectivity index (χ2v) is 7.49.